The Kier molecular flexibility index (Phi) is 6.04. The lowest BCUT2D eigenvalue weighted by Crippen LogP contribution is -2.41. The van der Waals surface area contributed by atoms with Gasteiger partial charge in [-0.05, 0) is 25.5 Å². The maximum Gasteiger partial charge on any atom is 0.273 e. The lowest BCUT2D eigenvalue weighted by molar-refractivity contribution is -0.120. The standard InChI is InChI=1S/C20H21N3O4/c1-14(9-10-16-8-5-11-26-16)22-19(24)13-21-20(25)17-12-18(27-23-17)15-6-3-2-4-7-15/h2-8,11-12,14H,9-10,13H2,1H3,(H,21,25)(H,22,24)/t14-/m1/s1. The summed E-state index contributed by atoms with van der Waals surface area (Å²) >= 11 is 0. The molecule has 1 atom stereocenters. The average Bonchev–Trinajstić information content (AvgIpc) is 3.37. The summed E-state index contributed by atoms with van der Waals surface area (Å²) in [5.74, 6) is 0.655. The van der Waals surface area contributed by atoms with Gasteiger partial charge in [0.05, 0.1) is 12.8 Å². The van der Waals surface area contributed by atoms with Crippen LogP contribution in [0.25, 0.3) is 11.3 Å². The normalized spacial score (nSPS) is 11.7. The quantitative estimate of drug-likeness (QED) is 0.638. The summed E-state index contributed by atoms with van der Waals surface area (Å²) in [6.07, 6.45) is 3.11. The zero-order valence-electron chi connectivity index (χ0n) is 15.0. The van der Waals surface area contributed by atoms with Crippen LogP contribution in [0.4, 0.5) is 0 Å². The largest absolute Gasteiger partial charge is 0.469 e. The summed E-state index contributed by atoms with van der Waals surface area (Å²) in [4.78, 5) is 24.1. The van der Waals surface area contributed by atoms with E-state index in [-0.39, 0.29) is 24.2 Å². The van der Waals surface area contributed by atoms with Crippen molar-refractivity contribution in [1.82, 2.24) is 15.8 Å². The summed E-state index contributed by atoms with van der Waals surface area (Å²) in [5.41, 5.74) is 0.958. The number of furan rings is 1. The van der Waals surface area contributed by atoms with Crippen LogP contribution in [0.15, 0.2) is 63.7 Å². The van der Waals surface area contributed by atoms with Gasteiger partial charge in [-0.3, -0.25) is 9.59 Å². The van der Waals surface area contributed by atoms with Gasteiger partial charge in [-0.25, -0.2) is 0 Å². The van der Waals surface area contributed by atoms with Crippen LogP contribution < -0.4 is 10.6 Å². The maximum atomic E-state index is 12.1. The third-order valence-corrected chi connectivity index (χ3v) is 4.02. The van der Waals surface area contributed by atoms with Crippen molar-refractivity contribution in [3.05, 3.63) is 66.2 Å². The van der Waals surface area contributed by atoms with Gasteiger partial charge in [0.25, 0.3) is 5.91 Å². The molecule has 3 aromatic rings. The van der Waals surface area contributed by atoms with Gasteiger partial charge < -0.3 is 19.6 Å². The molecule has 3 rings (SSSR count). The van der Waals surface area contributed by atoms with E-state index in [1.165, 1.54) is 0 Å². The minimum Gasteiger partial charge on any atom is -0.469 e. The summed E-state index contributed by atoms with van der Waals surface area (Å²) < 4.78 is 10.5. The molecule has 0 fully saturated rings. The van der Waals surface area contributed by atoms with Crippen LogP contribution in [-0.2, 0) is 11.2 Å². The van der Waals surface area contributed by atoms with E-state index in [0.717, 1.165) is 24.2 Å². The van der Waals surface area contributed by atoms with Crippen molar-refractivity contribution >= 4 is 11.8 Å². The summed E-state index contributed by atoms with van der Waals surface area (Å²) in [6.45, 7) is 1.78. The third kappa shape index (κ3) is 5.31. The van der Waals surface area contributed by atoms with E-state index >= 15 is 0 Å². The Morgan fingerprint density at radius 1 is 1.15 bits per heavy atom. The predicted molar refractivity (Wildman–Crippen MR) is 98.9 cm³/mol. The van der Waals surface area contributed by atoms with Crippen LogP contribution in [0.5, 0.6) is 0 Å². The van der Waals surface area contributed by atoms with Gasteiger partial charge in [-0.2, -0.15) is 0 Å². The van der Waals surface area contributed by atoms with Crippen LogP contribution in [0, 0.1) is 0 Å². The minimum absolute atomic E-state index is 0.0313. The second kappa shape index (κ2) is 8.84. The van der Waals surface area contributed by atoms with Crippen molar-refractivity contribution in [3.8, 4) is 11.3 Å². The highest BCUT2D eigenvalue weighted by molar-refractivity contribution is 5.95. The van der Waals surface area contributed by atoms with Crippen molar-refractivity contribution in [2.45, 2.75) is 25.8 Å². The third-order valence-electron chi connectivity index (χ3n) is 4.02. The molecule has 0 radical (unpaired) electrons. The fraction of sp³-hybridized carbons (Fsp3) is 0.250. The van der Waals surface area contributed by atoms with E-state index in [4.69, 9.17) is 8.94 Å². The molecule has 0 saturated heterocycles. The van der Waals surface area contributed by atoms with Crippen LogP contribution in [0.2, 0.25) is 0 Å². The Bertz CT molecular complexity index is 872. The number of nitrogens with one attached hydrogen (secondary N) is 2. The zero-order valence-corrected chi connectivity index (χ0v) is 15.0. The lowest BCUT2D eigenvalue weighted by atomic mass is 10.1. The molecular formula is C20H21N3O4. The molecule has 0 spiro atoms. The fourth-order valence-corrected chi connectivity index (χ4v) is 2.58. The number of benzene rings is 1. The van der Waals surface area contributed by atoms with Gasteiger partial charge in [0.2, 0.25) is 5.91 Å². The van der Waals surface area contributed by atoms with Gasteiger partial charge >= 0.3 is 0 Å². The average molecular weight is 367 g/mol. The van der Waals surface area contributed by atoms with E-state index in [0.29, 0.717) is 5.76 Å². The Balaban J connectivity index is 1.43. The highest BCUT2D eigenvalue weighted by atomic mass is 16.5. The molecule has 2 amide bonds. The zero-order chi connectivity index (χ0) is 19.1. The van der Waals surface area contributed by atoms with Gasteiger partial charge in [0, 0.05) is 24.1 Å². The van der Waals surface area contributed by atoms with Crippen molar-refractivity contribution in [3.63, 3.8) is 0 Å². The summed E-state index contributed by atoms with van der Waals surface area (Å²) in [5, 5.41) is 9.15. The van der Waals surface area contributed by atoms with Gasteiger partial charge in [0.15, 0.2) is 11.5 Å². The molecule has 7 nitrogen and oxygen atoms in total. The topological polar surface area (TPSA) is 97.4 Å². The molecule has 2 N–H and O–H groups in total. The molecule has 2 aromatic heterocycles. The Morgan fingerprint density at radius 3 is 2.70 bits per heavy atom. The molecule has 0 unspecified atom stereocenters. The van der Waals surface area contributed by atoms with Crippen LogP contribution >= 0.6 is 0 Å². The number of amides is 2. The molecule has 0 aliphatic carbocycles. The first-order valence-corrected chi connectivity index (χ1v) is 8.74. The molecule has 2 heterocycles. The molecule has 0 aliphatic rings. The summed E-state index contributed by atoms with van der Waals surface area (Å²) in [7, 11) is 0. The van der Waals surface area contributed by atoms with E-state index in [2.05, 4.69) is 15.8 Å². The van der Waals surface area contributed by atoms with Gasteiger partial charge in [-0.15, -0.1) is 0 Å². The number of hydrogen-bond acceptors (Lipinski definition) is 5. The second-order valence-corrected chi connectivity index (χ2v) is 6.21. The first-order valence-electron chi connectivity index (χ1n) is 8.74. The Labute approximate surface area is 156 Å². The number of nitrogens with zero attached hydrogens (tertiary/aromatic N) is 1. The molecule has 27 heavy (non-hydrogen) atoms. The lowest BCUT2D eigenvalue weighted by Gasteiger charge is -2.13. The van der Waals surface area contributed by atoms with Crippen LogP contribution in [0.1, 0.15) is 29.6 Å². The maximum absolute atomic E-state index is 12.1. The van der Waals surface area contributed by atoms with Gasteiger partial charge in [-0.1, -0.05) is 35.5 Å². The van der Waals surface area contributed by atoms with Crippen molar-refractivity contribution < 1.29 is 18.5 Å². The number of aromatic nitrogens is 1. The Hall–Kier alpha value is -3.35. The minimum atomic E-state index is -0.459. The van der Waals surface area contributed by atoms with Crippen molar-refractivity contribution in [2.24, 2.45) is 0 Å². The second-order valence-electron chi connectivity index (χ2n) is 6.21. The SMILES string of the molecule is C[C@H](CCc1ccco1)NC(=O)CNC(=O)c1cc(-c2ccccc2)on1. The number of carbonyl (C=O) groups is 2. The molecule has 140 valence electrons. The van der Waals surface area contributed by atoms with E-state index in [1.807, 2.05) is 49.4 Å². The summed E-state index contributed by atoms with van der Waals surface area (Å²) in [6, 6.07) is 14.6. The molecule has 0 bridgehead atoms. The predicted octanol–water partition coefficient (Wildman–Crippen LogP) is 2.80. The monoisotopic (exact) mass is 367 g/mol. The van der Waals surface area contributed by atoms with Crippen molar-refractivity contribution in [2.75, 3.05) is 6.54 Å². The van der Waals surface area contributed by atoms with E-state index < -0.39 is 5.91 Å². The Morgan fingerprint density at radius 2 is 1.96 bits per heavy atom. The highest BCUT2D eigenvalue weighted by Gasteiger charge is 2.15. The smallest absolute Gasteiger partial charge is 0.273 e. The molecule has 1 aromatic carbocycles. The number of carbonyl (C=O) groups excluding carboxylic acids is 2. The van der Waals surface area contributed by atoms with E-state index in [9.17, 15) is 9.59 Å². The first kappa shape index (κ1) is 18.4. The molecule has 0 aliphatic heterocycles. The molecule has 0 saturated carbocycles. The first-order chi connectivity index (χ1) is 13.1. The van der Waals surface area contributed by atoms with E-state index in [1.54, 1.807) is 12.3 Å². The van der Waals surface area contributed by atoms with Crippen LogP contribution in [-0.4, -0.2) is 29.6 Å². The van der Waals surface area contributed by atoms with Crippen molar-refractivity contribution in [1.29, 1.82) is 0 Å². The fourth-order valence-electron chi connectivity index (χ4n) is 2.58. The molecule has 7 heteroatoms. The van der Waals surface area contributed by atoms with Crippen LogP contribution in [0.3, 0.4) is 0 Å². The molecular weight excluding hydrogens is 346 g/mol. The van der Waals surface area contributed by atoms with Gasteiger partial charge in [0.1, 0.15) is 5.76 Å². The number of aryl methyl sites for hydroxylation is 1. The highest BCUT2D eigenvalue weighted by Crippen LogP contribution is 2.19. The number of rotatable bonds is 8. The number of hydrogen-bond donors (Lipinski definition) is 2.